The number of aromatic nitrogens is 2. The van der Waals surface area contributed by atoms with Crippen molar-refractivity contribution in [2.75, 3.05) is 26.2 Å². The molecule has 1 aliphatic rings. The van der Waals surface area contributed by atoms with Gasteiger partial charge in [0.1, 0.15) is 0 Å². The number of para-hydroxylation sites is 1. The third-order valence-corrected chi connectivity index (χ3v) is 5.74. The Bertz CT molecular complexity index is 957. The number of carbonyl (C=O) groups is 1. The van der Waals surface area contributed by atoms with Crippen molar-refractivity contribution in [1.82, 2.24) is 19.6 Å². The third kappa shape index (κ3) is 4.40. The van der Waals surface area contributed by atoms with Crippen molar-refractivity contribution in [3.8, 4) is 5.69 Å². The molecule has 5 heteroatoms. The highest BCUT2D eigenvalue weighted by atomic mass is 16.2. The molecule has 0 saturated carbocycles. The van der Waals surface area contributed by atoms with Crippen LogP contribution in [0.15, 0.2) is 60.7 Å². The molecule has 2 heterocycles. The Morgan fingerprint density at radius 1 is 0.897 bits per heavy atom. The molecule has 1 fully saturated rings. The summed E-state index contributed by atoms with van der Waals surface area (Å²) < 4.78 is 1.94. The number of piperazine rings is 1. The van der Waals surface area contributed by atoms with Gasteiger partial charge in [0.25, 0.3) is 0 Å². The lowest BCUT2D eigenvalue weighted by molar-refractivity contribution is -0.132. The van der Waals surface area contributed by atoms with Gasteiger partial charge in [-0.25, -0.2) is 4.68 Å². The van der Waals surface area contributed by atoms with E-state index in [0.717, 1.165) is 55.4 Å². The first-order chi connectivity index (χ1) is 14.1. The van der Waals surface area contributed by atoms with Crippen molar-refractivity contribution in [3.63, 3.8) is 0 Å². The predicted molar refractivity (Wildman–Crippen MR) is 115 cm³/mol. The fraction of sp³-hybridized carbons (Fsp3) is 0.333. The minimum atomic E-state index is 0.197. The van der Waals surface area contributed by atoms with E-state index >= 15 is 0 Å². The van der Waals surface area contributed by atoms with E-state index in [4.69, 9.17) is 0 Å². The molecule has 0 unspecified atom stereocenters. The fourth-order valence-corrected chi connectivity index (χ4v) is 4.01. The highest BCUT2D eigenvalue weighted by Crippen LogP contribution is 2.19. The Morgan fingerprint density at radius 3 is 2.17 bits per heavy atom. The summed E-state index contributed by atoms with van der Waals surface area (Å²) >= 11 is 0. The number of amides is 1. The van der Waals surface area contributed by atoms with E-state index in [1.54, 1.807) is 0 Å². The minimum Gasteiger partial charge on any atom is -0.340 e. The quantitative estimate of drug-likeness (QED) is 0.673. The molecule has 1 saturated heterocycles. The van der Waals surface area contributed by atoms with Crippen LogP contribution in [-0.2, 0) is 17.8 Å². The van der Waals surface area contributed by atoms with Gasteiger partial charge < -0.3 is 4.90 Å². The molecule has 1 amide bonds. The molecule has 1 aromatic heterocycles. The summed E-state index contributed by atoms with van der Waals surface area (Å²) in [4.78, 5) is 17.4. The monoisotopic (exact) mass is 388 g/mol. The topological polar surface area (TPSA) is 41.4 Å². The SMILES string of the molecule is Cc1nn(-c2ccccc2)c(C)c1CC(=O)N1CCN(Cc2ccccc2)CC1. The molecule has 0 aliphatic carbocycles. The smallest absolute Gasteiger partial charge is 0.227 e. The van der Waals surface area contributed by atoms with Crippen molar-refractivity contribution in [2.24, 2.45) is 0 Å². The summed E-state index contributed by atoms with van der Waals surface area (Å²) in [6.07, 6.45) is 0.420. The second-order valence-corrected chi connectivity index (χ2v) is 7.72. The van der Waals surface area contributed by atoms with Crippen LogP contribution in [0, 0.1) is 13.8 Å². The molecular weight excluding hydrogens is 360 g/mol. The second kappa shape index (κ2) is 8.62. The Morgan fingerprint density at radius 2 is 1.52 bits per heavy atom. The Kier molecular flexibility index (Phi) is 5.76. The van der Waals surface area contributed by atoms with Crippen LogP contribution in [0.5, 0.6) is 0 Å². The second-order valence-electron chi connectivity index (χ2n) is 7.72. The molecule has 4 rings (SSSR count). The average molecular weight is 389 g/mol. The molecule has 0 radical (unpaired) electrons. The highest BCUT2D eigenvalue weighted by Gasteiger charge is 2.23. The summed E-state index contributed by atoms with van der Waals surface area (Å²) in [6, 6.07) is 20.6. The number of hydrogen-bond donors (Lipinski definition) is 0. The first kappa shape index (κ1) is 19.4. The molecule has 2 aromatic carbocycles. The van der Waals surface area contributed by atoms with Crippen LogP contribution in [-0.4, -0.2) is 51.7 Å². The maximum absolute atomic E-state index is 13.0. The van der Waals surface area contributed by atoms with Gasteiger partial charge >= 0.3 is 0 Å². The number of benzene rings is 2. The van der Waals surface area contributed by atoms with Gasteiger partial charge in [-0.05, 0) is 31.5 Å². The predicted octanol–water partition coefficient (Wildman–Crippen LogP) is 3.38. The molecule has 0 atom stereocenters. The van der Waals surface area contributed by atoms with Gasteiger partial charge in [-0.2, -0.15) is 5.10 Å². The first-order valence-electron chi connectivity index (χ1n) is 10.3. The average Bonchev–Trinajstić information content (AvgIpc) is 3.04. The first-order valence-corrected chi connectivity index (χ1v) is 10.3. The lowest BCUT2D eigenvalue weighted by atomic mass is 10.1. The van der Waals surface area contributed by atoms with Crippen molar-refractivity contribution in [1.29, 1.82) is 0 Å². The largest absolute Gasteiger partial charge is 0.340 e. The van der Waals surface area contributed by atoms with Gasteiger partial charge in [0.05, 0.1) is 17.8 Å². The summed E-state index contributed by atoms with van der Waals surface area (Å²) in [6.45, 7) is 8.40. The molecule has 1 aliphatic heterocycles. The zero-order valence-corrected chi connectivity index (χ0v) is 17.2. The summed E-state index contributed by atoms with van der Waals surface area (Å²) in [5, 5.41) is 4.68. The zero-order chi connectivity index (χ0) is 20.2. The number of carbonyl (C=O) groups excluding carboxylic acids is 1. The van der Waals surface area contributed by atoms with Crippen LogP contribution >= 0.6 is 0 Å². The van der Waals surface area contributed by atoms with Crippen LogP contribution in [0.1, 0.15) is 22.5 Å². The van der Waals surface area contributed by atoms with Gasteiger partial charge in [-0.15, -0.1) is 0 Å². The summed E-state index contributed by atoms with van der Waals surface area (Å²) in [7, 11) is 0. The molecule has 0 bridgehead atoms. The normalized spacial score (nSPS) is 14.9. The number of hydrogen-bond acceptors (Lipinski definition) is 3. The van der Waals surface area contributed by atoms with E-state index in [9.17, 15) is 4.79 Å². The molecule has 29 heavy (non-hydrogen) atoms. The van der Waals surface area contributed by atoms with Crippen molar-refractivity contribution in [3.05, 3.63) is 83.2 Å². The third-order valence-electron chi connectivity index (χ3n) is 5.74. The highest BCUT2D eigenvalue weighted by molar-refractivity contribution is 5.79. The molecule has 0 N–H and O–H groups in total. The lowest BCUT2D eigenvalue weighted by Crippen LogP contribution is -2.48. The molecule has 0 spiro atoms. The summed E-state index contributed by atoms with van der Waals surface area (Å²) in [5.74, 6) is 0.197. The van der Waals surface area contributed by atoms with E-state index in [1.165, 1.54) is 5.56 Å². The van der Waals surface area contributed by atoms with Gasteiger partial charge in [-0.3, -0.25) is 9.69 Å². The zero-order valence-electron chi connectivity index (χ0n) is 17.2. The van der Waals surface area contributed by atoms with Gasteiger partial charge in [0.15, 0.2) is 0 Å². The van der Waals surface area contributed by atoms with Crippen molar-refractivity contribution >= 4 is 5.91 Å². The van der Waals surface area contributed by atoms with Gasteiger partial charge in [0.2, 0.25) is 5.91 Å². The lowest BCUT2D eigenvalue weighted by Gasteiger charge is -2.34. The Hall–Kier alpha value is -2.92. The van der Waals surface area contributed by atoms with Crippen LogP contribution in [0.25, 0.3) is 5.69 Å². The summed E-state index contributed by atoms with van der Waals surface area (Å²) in [5.41, 5.74) is 5.38. The molecule has 3 aromatic rings. The molecular formula is C24H28N4O. The maximum atomic E-state index is 13.0. The van der Waals surface area contributed by atoms with Gasteiger partial charge in [-0.1, -0.05) is 48.5 Å². The Balaban J connectivity index is 1.37. The van der Waals surface area contributed by atoms with E-state index in [-0.39, 0.29) is 5.91 Å². The van der Waals surface area contributed by atoms with E-state index in [0.29, 0.717) is 6.42 Å². The van der Waals surface area contributed by atoms with E-state index in [2.05, 4.69) is 34.3 Å². The van der Waals surface area contributed by atoms with Crippen LogP contribution in [0.4, 0.5) is 0 Å². The maximum Gasteiger partial charge on any atom is 0.227 e. The number of rotatable bonds is 5. The number of aryl methyl sites for hydroxylation is 1. The fourth-order valence-electron chi connectivity index (χ4n) is 4.01. The van der Waals surface area contributed by atoms with E-state index in [1.807, 2.05) is 59.8 Å². The van der Waals surface area contributed by atoms with Crippen LogP contribution in [0.2, 0.25) is 0 Å². The van der Waals surface area contributed by atoms with Crippen molar-refractivity contribution < 1.29 is 4.79 Å². The number of nitrogens with zero attached hydrogens (tertiary/aromatic N) is 4. The minimum absolute atomic E-state index is 0.197. The van der Waals surface area contributed by atoms with E-state index < -0.39 is 0 Å². The van der Waals surface area contributed by atoms with Crippen molar-refractivity contribution in [2.45, 2.75) is 26.8 Å². The Labute approximate surface area is 172 Å². The van der Waals surface area contributed by atoms with Crippen LogP contribution in [0.3, 0.4) is 0 Å². The van der Waals surface area contributed by atoms with Gasteiger partial charge in [0, 0.05) is 44.0 Å². The standard InChI is InChI=1S/C24H28N4O/c1-19-23(20(2)28(25-19)22-11-7-4-8-12-22)17-24(29)27-15-13-26(14-16-27)18-21-9-5-3-6-10-21/h3-12H,13-18H2,1-2H3. The molecule has 5 nitrogen and oxygen atoms in total. The van der Waals surface area contributed by atoms with Crippen LogP contribution < -0.4 is 0 Å². The molecule has 150 valence electrons.